The van der Waals surface area contributed by atoms with E-state index in [1.54, 1.807) is 4.52 Å². The second-order valence-electron chi connectivity index (χ2n) is 8.54. The summed E-state index contributed by atoms with van der Waals surface area (Å²) in [6.07, 6.45) is 3.43. The van der Waals surface area contributed by atoms with Crippen molar-refractivity contribution in [2.45, 2.75) is 46.1 Å². The summed E-state index contributed by atoms with van der Waals surface area (Å²) in [6.45, 7) is 9.83. The molecule has 8 nitrogen and oxygen atoms in total. The van der Waals surface area contributed by atoms with Crippen LogP contribution in [0.1, 0.15) is 61.4 Å². The number of fused-ring (bicyclic) bond motifs is 1. The number of benzene rings is 1. The largest absolute Gasteiger partial charge is 0.341 e. The molecule has 0 bridgehead atoms. The maximum Gasteiger partial charge on any atom is 0.315 e. The fraction of sp³-hybridized carbons (Fsp3) is 0.318. The highest BCUT2D eigenvalue weighted by Gasteiger charge is 2.25. The number of nitrogens with zero attached hydrogens (tertiary/aromatic N) is 5. The van der Waals surface area contributed by atoms with E-state index >= 15 is 0 Å². The van der Waals surface area contributed by atoms with E-state index < -0.39 is 5.91 Å². The van der Waals surface area contributed by atoms with Gasteiger partial charge in [-0.05, 0) is 53.0 Å². The molecular formula is C22H23BrN6O2. The van der Waals surface area contributed by atoms with Crippen LogP contribution in [0.15, 0.2) is 45.8 Å². The van der Waals surface area contributed by atoms with Gasteiger partial charge in [0.15, 0.2) is 5.82 Å². The number of rotatable bonds is 4. The molecule has 1 amide bonds. The van der Waals surface area contributed by atoms with Crippen molar-refractivity contribution < 1.29 is 9.32 Å². The zero-order valence-electron chi connectivity index (χ0n) is 18.0. The molecule has 0 fully saturated rings. The van der Waals surface area contributed by atoms with E-state index in [0.29, 0.717) is 5.82 Å². The number of hydrogen-bond donors (Lipinski definition) is 1. The minimum Gasteiger partial charge on any atom is -0.341 e. The number of nitrogens with one attached hydrogen (secondary N) is 1. The van der Waals surface area contributed by atoms with Gasteiger partial charge in [-0.3, -0.25) is 4.79 Å². The second kappa shape index (κ2) is 7.88. The topological polar surface area (TPSA) is 98.2 Å². The fourth-order valence-electron chi connectivity index (χ4n) is 3.39. The minimum absolute atomic E-state index is 0.0340. The highest BCUT2D eigenvalue weighted by atomic mass is 79.9. The summed E-state index contributed by atoms with van der Waals surface area (Å²) in [5, 5.41) is 11.1. The van der Waals surface area contributed by atoms with E-state index in [9.17, 15) is 4.79 Å². The Morgan fingerprint density at radius 2 is 2.03 bits per heavy atom. The Morgan fingerprint density at radius 3 is 2.71 bits per heavy atom. The zero-order valence-corrected chi connectivity index (χ0v) is 19.6. The number of aryl methyl sites for hydroxylation is 1. The number of hydrogen-bond acceptors (Lipinski definition) is 6. The lowest BCUT2D eigenvalue weighted by atomic mass is 9.96. The van der Waals surface area contributed by atoms with Gasteiger partial charge in [-0.25, -0.2) is 9.50 Å². The van der Waals surface area contributed by atoms with Crippen molar-refractivity contribution in [1.82, 2.24) is 30.1 Å². The van der Waals surface area contributed by atoms with Crippen LogP contribution >= 0.6 is 15.9 Å². The summed E-state index contributed by atoms with van der Waals surface area (Å²) < 4.78 is 7.87. The molecule has 1 N–H and O–H groups in total. The number of amides is 1. The van der Waals surface area contributed by atoms with Crippen LogP contribution in [-0.2, 0) is 5.41 Å². The van der Waals surface area contributed by atoms with Crippen LogP contribution < -0.4 is 5.32 Å². The SMILES string of the molecule is Cc1cc(-c2ncnn3cc(Br)cc23)ccc1[C@@H](C)NC(=O)c1nc(C(C)(C)C)no1. The molecule has 160 valence electrons. The van der Waals surface area contributed by atoms with E-state index in [-0.39, 0.29) is 17.3 Å². The van der Waals surface area contributed by atoms with Crippen molar-refractivity contribution in [3.05, 3.63) is 64.1 Å². The van der Waals surface area contributed by atoms with Gasteiger partial charge in [0, 0.05) is 21.6 Å². The maximum absolute atomic E-state index is 12.6. The molecule has 0 radical (unpaired) electrons. The summed E-state index contributed by atoms with van der Waals surface area (Å²) >= 11 is 3.48. The van der Waals surface area contributed by atoms with Crippen molar-refractivity contribution in [1.29, 1.82) is 0 Å². The monoisotopic (exact) mass is 482 g/mol. The lowest BCUT2D eigenvalue weighted by Gasteiger charge is -2.16. The fourth-order valence-corrected chi connectivity index (χ4v) is 3.80. The Morgan fingerprint density at radius 1 is 1.26 bits per heavy atom. The van der Waals surface area contributed by atoms with E-state index in [2.05, 4.69) is 47.5 Å². The van der Waals surface area contributed by atoms with Crippen LogP contribution in [0.25, 0.3) is 16.8 Å². The third kappa shape index (κ3) is 4.23. The lowest BCUT2D eigenvalue weighted by Crippen LogP contribution is -2.27. The third-order valence-corrected chi connectivity index (χ3v) is 5.45. The normalized spacial score (nSPS) is 12.8. The predicted octanol–water partition coefficient (Wildman–Crippen LogP) is 4.64. The number of carbonyl (C=O) groups excluding carboxylic acids is 1. The molecule has 31 heavy (non-hydrogen) atoms. The van der Waals surface area contributed by atoms with E-state index in [1.165, 1.54) is 6.33 Å². The highest BCUT2D eigenvalue weighted by molar-refractivity contribution is 9.10. The molecule has 3 aromatic heterocycles. The summed E-state index contributed by atoms with van der Waals surface area (Å²) in [7, 11) is 0. The molecule has 4 rings (SSSR count). The van der Waals surface area contributed by atoms with E-state index in [0.717, 1.165) is 32.4 Å². The van der Waals surface area contributed by atoms with Crippen molar-refractivity contribution in [3.63, 3.8) is 0 Å². The molecule has 4 aromatic rings. The maximum atomic E-state index is 12.6. The standard InChI is InChI=1S/C22H23BrN6O2/c1-12-8-14(18-17-9-15(23)10-29(17)25-11-24-18)6-7-16(12)13(2)26-19(30)20-27-21(28-31-20)22(3,4)5/h6-11,13H,1-5H3,(H,26,30)/t13-/m1/s1. The van der Waals surface area contributed by atoms with Crippen molar-refractivity contribution in [2.75, 3.05) is 0 Å². The summed E-state index contributed by atoms with van der Waals surface area (Å²) in [4.78, 5) is 21.3. The number of carbonyl (C=O) groups is 1. The molecule has 0 saturated heterocycles. The van der Waals surface area contributed by atoms with Crippen LogP contribution in [0.3, 0.4) is 0 Å². The lowest BCUT2D eigenvalue weighted by molar-refractivity contribution is 0.0895. The first-order chi connectivity index (χ1) is 14.6. The second-order valence-corrected chi connectivity index (χ2v) is 9.45. The smallest absolute Gasteiger partial charge is 0.315 e. The van der Waals surface area contributed by atoms with Crippen molar-refractivity contribution in [3.8, 4) is 11.3 Å². The molecule has 0 spiro atoms. The van der Waals surface area contributed by atoms with Crippen LogP contribution in [0, 0.1) is 6.92 Å². The van der Waals surface area contributed by atoms with Gasteiger partial charge in [0.1, 0.15) is 6.33 Å². The molecule has 0 saturated carbocycles. The summed E-state index contributed by atoms with van der Waals surface area (Å²) in [6, 6.07) is 7.81. The summed E-state index contributed by atoms with van der Waals surface area (Å²) in [5.41, 5.74) is 4.47. The van der Waals surface area contributed by atoms with Gasteiger partial charge in [-0.15, -0.1) is 0 Å². The van der Waals surface area contributed by atoms with Gasteiger partial charge in [0.2, 0.25) is 0 Å². The quantitative estimate of drug-likeness (QED) is 0.454. The molecule has 0 aliphatic heterocycles. The Bertz CT molecular complexity index is 1270. The van der Waals surface area contributed by atoms with Gasteiger partial charge in [-0.2, -0.15) is 10.1 Å². The molecule has 0 aliphatic rings. The summed E-state index contributed by atoms with van der Waals surface area (Å²) in [5.74, 6) is 0.0711. The van der Waals surface area contributed by atoms with E-state index in [1.807, 2.05) is 59.0 Å². The highest BCUT2D eigenvalue weighted by Crippen LogP contribution is 2.28. The first kappa shape index (κ1) is 21.2. The first-order valence-corrected chi connectivity index (χ1v) is 10.7. The van der Waals surface area contributed by atoms with E-state index in [4.69, 9.17) is 4.52 Å². The van der Waals surface area contributed by atoms with Crippen molar-refractivity contribution in [2.24, 2.45) is 0 Å². The molecule has 0 unspecified atom stereocenters. The van der Waals surface area contributed by atoms with Crippen LogP contribution in [0.5, 0.6) is 0 Å². The third-order valence-electron chi connectivity index (χ3n) is 5.02. The molecule has 9 heteroatoms. The van der Waals surface area contributed by atoms with Gasteiger partial charge in [-0.1, -0.05) is 38.1 Å². The molecular weight excluding hydrogens is 460 g/mol. The van der Waals surface area contributed by atoms with Gasteiger partial charge in [0.05, 0.1) is 17.3 Å². The average molecular weight is 483 g/mol. The molecule has 0 aliphatic carbocycles. The zero-order chi connectivity index (χ0) is 22.3. The molecule has 3 heterocycles. The number of halogens is 1. The van der Waals surface area contributed by atoms with Gasteiger partial charge < -0.3 is 9.84 Å². The van der Waals surface area contributed by atoms with Crippen LogP contribution in [-0.4, -0.2) is 30.6 Å². The predicted molar refractivity (Wildman–Crippen MR) is 120 cm³/mol. The Kier molecular flexibility index (Phi) is 5.38. The average Bonchev–Trinajstić information content (AvgIpc) is 3.33. The van der Waals surface area contributed by atoms with Crippen LogP contribution in [0.2, 0.25) is 0 Å². The minimum atomic E-state index is -0.394. The van der Waals surface area contributed by atoms with Gasteiger partial charge >= 0.3 is 11.8 Å². The Balaban J connectivity index is 1.56. The molecule has 1 atom stereocenters. The number of aromatic nitrogens is 5. The Hall–Kier alpha value is -3.07. The Labute approximate surface area is 188 Å². The van der Waals surface area contributed by atoms with Gasteiger partial charge in [0.25, 0.3) is 0 Å². The molecule has 1 aromatic carbocycles. The first-order valence-electron chi connectivity index (χ1n) is 9.88. The van der Waals surface area contributed by atoms with Crippen LogP contribution in [0.4, 0.5) is 0 Å². The van der Waals surface area contributed by atoms with Crippen molar-refractivity contribution >= 4 is 27.4 Å².